The summed E-state index contributed by atoms with van der Waals surface area (Å²) in [6.45, 7) is 11.8. The lowest BCUT2D eigenvalue weighted by Gasteiger charge is -2.30. The average Bonchev–Trinajstić information content (AvgIpc) is 2.65. The molecule has 1 unspecified atom stereocenters. The van der Waals surface area contributed by atoms with E-state index in [2.05, 4.69) is 79.3 Å². The van der Waals surface area contributed by atoms with Crippen molar-refractivity contribution in [1.82, 2.24) is 20.4 Å². The molecule has 0 aliphatic carbocycles. The second-order valence-electron chi connectivity index (χ2n) is 7.88. The summed E-state index contributed by atoms with van der Waals surface area (Å²) in [7, 11) is 7.71. The topological polar surface area (TPSA) is 52.1 Å². The van der Waals surface area contributed by atoms with Crippen molar-refractivity contribution >= 4 is 5.96 Å². The fraction of sp³-hybridized carbons (Fsp3) is 0.682. The highest BCUT2D eigenvalue weighted by molar-refractivity contribution is 5.79. The van der Waals surface area contributed by atoms with Gasteiger partial charge in [0.2, 0.25) is 0 Å². The van der Waals surface area contributed by atoms with Crippen LogP contribution in [0.15, 0.2) is 29.3 Å². The van der Waals surface area contributed by atoms with E-state index in [4.69, 9.17) is 4.74 Å². The molecule has 1 atom stereocenters. The predicted octanol–water partition coefficient (Wildman–Crippen LogP) is 2.97. The third-order valence-electron chi connectivity index (χ3n) is 5.02. The number of rotatable bonds is 11. The van der Waals surface area contributed by atoms with Crippen LogP contribution in [0.4, 0.5) is 0 Å². The molecule has 0 saturated heterocycles. The zero-order chi connectivity index (χ0) is 21.1. The van der Waals surface area contributed by atoms with Crippen molar-refractivity contribution < 1.29 is 4.74 Å². The molecule has 1 rings (SSSR count). The van der Waals surface area contributed by atoms with Crippen LogP contribution in [0, 0.1) is 0 Å². The van der Waals surface area contributed by atoms with Gasteiger partial charge in [-0.15, -0.1) is 0 Å². The summed E-state index contributed by atoms with van der Waals surface area (Å²) in [5.74, 6) is 1.75. The molecule has 1 aromatic carbocycles. The molecule has 0 radical (unpaired) electrons. The molecule has 1 aromatic rings. The Morgan fingerprint density at radius 1 is 1.07 bits per heavy atom. The number of hydrogen-bond donors (Lipinski definition) is 2. The van der Waals surface area contributed by atoms with E-state index < -0.39 is 0 Å². The summed E-state index contributed by atoms with van der Waals surface area (Å²) in [4.78, 5) is 9.08. The van der Waals surface area contributed by atoms with Crippen LogP contribution in [0.2, 0.25) is 0 Å². The van der Waals surface area contributed by atoms with E-state index in [-0.39, 0.29) is 6.04 Å². The Kier molecular flexibility index (Phi) is 10.9. The Morgan fingerprint density at radius 3 is 2.25 bits per heavy atom. The highest BCUT2D eigenvalue weighted by atomic mass is 16.5. The standard InChI is InChI=1S/C22H41N5O/c1-17(2)27(18(3)4)15-11-14-24-22(23-5)25-16-20(26(6)7)19-12-9-10-13-21(19)28-8/h9-10,12-13,17-18,20H,11,14-16H2,1-8H3,(H2,23,24,25). The van der Waals surface area contributed by atoms with E-state index in [1.165, 1.54) is 5.56 Å². The third-order valence-corrected chi connectivity index (χ3v) is 5.02. The van der Waals surface area contributed by atoms with Crippen LogP contribution in [0.3, 0.4) is 0 Å². The number of hydrogen-bond acceptors (Lipinski definition) is 4. The van der Waals surface area contributed by atoms with Crippen molar-refractivity contribution in [3.8, 4) is 5.75 Å². The molecule has 0 amide bonds. The Balaban J connectivity index is 2.57. The van der Waals surface area contributed by atoms with Gasteiger partial charge in [-0.05, 0) is 54.3 Å². The van der Waals surface area contributed by atoms with E-state index in [9.17, 15) is 0 Å². The molecular weight excluding hydrogens is 350 g/mol. The fourth-order valence-electron chi connectivity index (χ4n) is 3.51. The number of methoxy groups -OCH3 is 1. The lowest BCUT2D eigenvalue weighted by molar-refractivity contribution is 0.173. The number of benzene rings is 1. The summed E-state index contributed by atoms with van der Waals surface area (Å²) in [6, 6.07) is 9.50. The number of aliphatic imine (C=N–C) groups is 1. The SMILES string of the molecule is CN=C(NCCCN(C(C)C)C(C)C)NCC(c1ccccc1OC)N(C)C. The van der Waals surface area contributed by atoms with Crippen molar-refractivity contribution in [3.05, 3.63) is 29.8 Å². The molecule has 0 saturated carbocycles. The molecule has 28 heavy (non-hydrogen) atoms. The normalized spacial score (nSPS) is 13.5. The first-order valence-electron chi connectivity index (χ1n) is 10.3. The first-order chi connectivity index (χ1) is 13.3. The van der Waals surface area contributed by atoms with E-state index in [0.29, 0.717) is 12.1 Å². The number of nitrogens with zero attached hydrogens (tertiary/aromatic N) is 3. The largest absolute Gasteiger partial charge is 0.496 e. The molecule has 0 spiro atoms. The maximum Gasteiger partial charge on any atom is 0.191 e. The van der Waals surface area contributed by atoms with Crippen LogP contribution in [-0.4, -0.2) is 75.7 Å². The van der Waals surface area contributed by atoms with Crippen molar-refractivity contribution in [2.75, 3.05) is 47.9 Å². The Bertz CT molecular complexity index is 578. The first kappa shape index (κ1) is 24.2. The molecule has 0 fully saturated rings. The molecule has 6 heteroatoms. The van der Waals surface area contributed by atoms with Crippen molar-refractivity contribution in [2.45, 2.75) is 52.2 Å². The molecule has 0 aliphatic rings. The van der Waals surface area contributed by atoms with E-state index in [1.54, 1.807) is 7.11 Å². The maximum absolute atomic E-state index is 5.54. The summed E-state index contributed by atoms with van der Waals surface area (Å²) in [6.07, 6.45) is 1.08. The number of para-hydroxylation sites is 1. The zero-order valence-electron chi connectivity index (χ0n) is 19.1. The van der Waals surface area contributed by atoms with Crippen LogP contribution in [0.5, 0.6) is 5.75 Å². The first-order valence-corrected chi connectivity index (χ1v) is 10.3. The van der Waals surface area contributed by atoms with Gasteiger partial charge < -0.3 is 20.3 Å². The van der Waals surface area contributed by atoms with E-state index in [1.807, 2.05) is 19.2 Å². The predicted molar refractivity (Wildman–Crippen MR) is 120 cm³/mol. The lowest BCUT2D eigenvalue weighted by Crippen LogP contribution is -2.43. The number of likely N-dealkylation sites (N-methyl/N-ethyl adjacent to an activating group) is 1. The molecular formula is C22H41N5O. The Hall–Kier alpha value is -1.79. The second-order valence-corrected chi connectivity index (χ2v) is 7.88. The van der Waals surface area contributed by atoms with Crippen LogP contribution in [0.25, 0.3) is 0 Å². The highest BCUT2D eigenvalue weighted by Crippen LogP contribution is 2.27. The third kappa shape index (κ3) is 7.68. The molecule has 2 N–H and O–H groups in total. The number of guanidine groups is 1. The second kappa shape index (κ2) is 12.6. The Labute approximate surface area is 172 Å². The molecule has 6 nitrogen and oxygen atoms in total. The molecule has 0 aliphatic heterocycles. The number of ether oxygens (including phenoxy) is 1. The quantitative estimate of drug-likeness (QED) is 0.345. The molecule has 0 aromatic heterocycles. The number of nitrogens with one attached hydrogen (secondary N) is 2. The van der Waals surface area contributed by atoms with Crippen molar-refractivity contribution in [3.63, 3.8) is 0 Å². The lowest BCUT2D eigenvalue weighted by atomic mass is 10.0. The van der Waals surface area contributed by atoms with Crippen LogP contribution in [-0.2, 0) is 0 Å². The monoisotopic (exact) mass is 391 g/mol. The van der Waals surface area contributed by atoms with Crippen molar-refractivity contribution in [2.24, 2.45) is 4.99 Å². The Morgan fingerprint density at radius 2 is 1.71 bits per heavy atom. The van der Waals surface area contributed by atoms with Gasteiger partial charge in [-0.2, -0.15) is 0 Å². The van der Waals surface area contributed by atoms with Gasteiger partial charge in [0.05, 0.1) is 13.2 Å². The van der Waals surface area contributed by atoms with Gasteiger partial charge in [-0.25, -0.2) is 0 Å². The minimum absolute atomic E-state index is 0.187. The van der Waals surface area contributed by atoms with Crippen LogP contribution in [0.1, 0.15) is 45.7 Å². The maximum atomic E-state index is 5.54. The summed E-state index contributed by atoms with van der Waals surface area (Å²) < 4.78 is 5.54. The van der Waals surface area contributed by atoms with E-state index >= 15 is 0 Å². The van der Waals surface area contributed by atoms with Gasteiger partial charge in [-0.1, -0.05) is 18.2 Å². The van der Waals surface area contributed by atoms with Gasteiger partial charge in [0, 0.05) is 44.3 Å². The average molecular weight is 392 g/mol. The van der Waals surface area contributed by atoms with Gasteiger partial charge in [-0.3, -0.25) is 9.89 Å². The van der Waals surface area contributed by atoms with Crippen molar-refractivity contribution in [1.29, 1.82) is 0 Å². The van der Waals surface area contributed by atoms with Crippen LogP contribution < -0.4 is 15.4 Å². The van der Waals surface area contributed by atoms with Gasteiger partial charge in [0.1, 0.15) is 5.75 Å². The van der Waals surface area contributed by atoms with Crippen LogP contribution >= 0.6 is 0 Å². The molecule has 0 heterocycles. The van der Waals surface area contributed by atoms with Gasteiger partial charge in [0.25, 0.3) is 0 Å². The molecule has 160 valence electrons. The minimum Gasteiger partial charge on any atom is -0.496 e. The summed E-state index contributed by atoms with van der Waals surface area (Å²) >= 11 is 0. The minimum atomic E-state index is 0.187. The summed E-state index contributed by atoms with van der Waals surface area (Å²) in [5.41, 5.74) is 1.17. The van der Waals surface area contributed by atoms with Gasteiger partial charge >= 0.3 is 0 Å². The smallest absolute Gasteiger partial charge is 0.191 e. The zero-order valence-corrected chi connectivity index (χ0v) is 19.1. The van der Waals surface area contributed by atoms with Gasteiger partial charge in [0.15, 0.2) is 5.96 Å². The molecule has 0 bridgehead atoms. The fourth-order valence-corrected chi connectivity index (χ4v) is 3.51. The summed E-state index contributed by atoms with van der Waals surface area (Å²) in [5, 5.41) is 6.90. The van der Waals surface area contributed by atoms with E-state index in [0.717, 1.165) is 37.8 Å². The highest BCUT2D eigenvalue weighted by Gasteiger charge is 2.18.